The summed E-state index contributed by atoms with van der Waals surface area (Å²) in [4.78, 5) is 20.4. The van der Waals surface area contributed by atoms with E-state index in [0.29, 0.717) is 6.42 Å². The highest BCUT2D eigenvalue weighted by Crippen LogP contribution is 2.00. The lowest BCUT2D eigenvalue weighted by Gasteiger charge is -1.91. The van der Waals surface area contributed by atoms with Gasteiger partial charge in [-0.1, -0.05) is 6.08 Å². The fourth-order valence-electron chi connectivity index (χ4n) is 0.489. The first kappa shape index (κ1) is 10.2. The Labute approximate surface area is 69.7 Å². The first-order valence-electron chi connectivity index (χ1n) is 3.12. The zero-order valence-corrected chi connectivity index (χ0v) is 6.89. The highest BCUT2D eigenvalue weighted by molar-refractivity contribution is 6.63. The number of halogens is 1. The van der Waals surface area contributed by atoms with Gasteiger partial charge >= 0.3 is 5.97 Å². The third kappa shape index (κ3) is 5.61. The molecule has 0 aliphatic heterocycles. The van der Waals surface area contributed by atoms with Crippen molar-refractivity contribution in [3.8, 4) is 0 Å². The molecule has 0 aliphatic carbocycles. The molecule has 0 spiro atoms. The van der Waals surface area contributed by atoms with Gasteiger partial charge in [0.15, 0.2) is 0 Å². The van der Waals surface area contributed by atoms with Gasteiger partial charge in [-0.15, -0.1) is 0 Å². The summed E-state index contributed by atoms with van der Waals surface area (Å²) in [6, 6.07) is 0. The van der Waals surface area contributed by atoms with Gasteiger partial charge in [0.2, 0.25) is 5.24 Å². The molecular weight excluding hydrogens is 168 g/mol. The van der Waals surface area contributed by atoms with E-state index in [2.05, 4.69) is 0 Å². The molecule has 0 aromatic carbocycles. The van der Waals surface area contributed by atoms with Gasteiger partial charge in [-0.05, 0) is 24.9 Å². The Morgan fingerprint density at radius 1 is 1.55 bits per heavy atom. The van der Waals surface area contributed by atoms with Crippen LogP contribution in [0.1, 0.15) is 19.8 Å². The maximum absolute atomic E-state index is 10.2. The number of hydrogen-bond donors (Lipinski definition) is 1. The topological polar surface area (TPSA) is 54.4 Å². The fourth-order valence-corrected chi connectivity index (χ4v) is 0.599. The van der Waals surface area contributed by atoms with Crippen LogP contribution in [0.4, 0.5) is 0 Å². The van der Waals surface area contributed by atoms with E-state index < -0.39 is 11.2 Å². The van der Waals surface area contributed by atoms with E-state index in [1.54, 1.807) is 0 Å². The fraction of sp³-hybridized carbons (Fsp3) is 0.429. The predicted octanol–water partition coefficient (Wildman–Crippen LogP) is 1.56. The minimum atomic E-state index is -0.966. The summed E-state index contributed by atoms with van der Waals surface area (Å²) in [6.07, 6.45) is 2.05. The number of hydrogen-bond acceptors (Lipinski definition) is 2. The van der Waals surface area contributed by atoms with Crippen LogP contribution in [0.15, 0.2) is 11.6 Å². The van der Waals surface area contributed by atoms with Crippen LogP contribution in [0.25, 0.3) is 0 Å². The molecule has 0 bridgehead atoms. The van der Waals surface area contributed by atoms with Crippen LogP contribution in [0.2, 0.25) is 0 Å². The average molecular weight is 177 g/mol. The minimum Gasteiger partial charge on any atom is -0.478 e. The lowest BCUT2D eigenvalue weighted by Crippen LogP contribution is -1.96. The van der Waals surface area contributed by atoms with E-state index in [-0.39, 0.29) is 12.0 Å². The molecule has 0 fully saturated rings. The van der Waals surface area contributed by atoms with Gasteiger partial charge in [-0.25, -0.2) is 4.79 Å². The van der Waals surface area contributed by atoms with E-state index >= 15 is 0 Å². The van der Waals surface area contributed by atoms with Crippen molar-refractivity contribution in [3.63, 3.8) is 0 Å². The van der Waals surface area contributed by atoms with E-state index in [4.69, 9.17) is 16.7 Å². The lowest BCUT2D eigenvalue weighted by atomic mass is 10.2. The Kier molecular flexibility index (Phi) is 4.54. The first-order valence-corrected chi connectivity index (χ1v) is 3.50. The lowest BCUT2D eigenvalue weighted by molar-refractivity contribution is -0.132. The highest BCUT2D eigenvalue weighted by atomic mass is 35.5. The largest absolute Gasteiger partial charge is 0.478 e. The van der Waals surface area contributed by atoms with Crippen LogP contribution in [-0.2, 0) is 9.59 Å². The molecule has 0 heterocycles. The second kappa shape index (κ2) is 4.91. The van der Waals surface area contributed by atoms with Crippen LogP contribution >= 0.6 is 11.6 Å². The number of carbonyl (C=O) groups excluding carboxylic acids is 1. The Morgan fingerprint density at radius 2 is 2.09 bits per heavy atom. The molecule has 0 rings (SSSR count). The average Bonchev–Trinajstić information content (AvgIpc) is 1.86. The van der Waals surface area contributed by atoms with E-state index in [1.165, 1.54) is 13.0 Å². The molecule has 0 atom stereocenters. The van der Waals surface area contributed by atoms with Crippen molar-refractivity contribution in [1.82, 2.24) is 0 Å². The number of aliphatic carboxylic acids is 1. The van der Waals surface area contributed by atoms with Crippen LogP contribution in [0.3, 0.4) is 0 Å². The van der Waals surface area contributed by atoms with E-state index in [9.17, 15) is 9.59 Å². The number of carboxylic acids is 1. The summed E-state index contributed by atoms with van der Waals surface area (Å²) in [6.45, 7) is 1.47. The molecule has 0 aromatic heterocycles. The normalized spacial score (nSPS) is 11.3. The van der Waals surface area contributed by atoms with Crippen LogP contribution in [0, 0.1) is 0 Å². The summed E-state index contributed by atoms with van der Waals surface area (Å²) < 4.78 is 0. The van der Waals surface area contributed by atoms with Crippen molar-refractivity contribution in [2.24, 2.45) is 0 Å². The van der Waals surface area contributed by atoms with Gasteiger partial charge in [0.1, 0.15) is 0 Å². The second-order valence-electron chi connectivity index (χ2n) is 2.09. The molecule has 11 heavy (non-hydrogen) atoms. The monoisotopic (exact) mass is 176 g/mol. The van der Waals surface area contributed by atoms with E-state index in [0.717, 1.165) is 0 Å². The molecule has 3 nitrogen and oxygen atoms in total. The zero-order chi connectivity index (χ0) is 8.85. The van der Waals surface area contributed by atoms with Gasteiger partial charge < -0.3 is 5.11 Å². The molecule has 4 heteroatoms. The first-order chi connectivity index (χ1) is 5.04. The maximum atomic E-state index is 10.2. The van der Waals surface area contributed by atoms with Crippen LogP contribution in [0.5, 0.6) is 0 Å². The molecule has 0 aliphatic rings. The SMILES string of the molecule is C/C(=C\CCC(=O)Cl)C(=O)O. The van der Waals surface area contributed by atoms with Gasteiger partial charge in [-0.2, -0.15) is 0 Å². The third-order valence-electron chi connectivity index (χ3n) is 1.13. The van der Waals surface area contributed by atoms with Gasteiger partial charge in [0.25, 0.3) is 0 Å². The summed E-state index contributed by atoms with van der Waals surface area (Å²) >= 11 is 5.03. The molecular formula is C7H9ClO3. The molecule has 0 radical (unpaired) electrons. The second-order valence-corrected chi connectivity index (χ2v) is 2.51. The molecule has 0 unspecified atom stereocenters. The van der Waals surface area contributed by atoms with Gasteiger partial charge in [0.05, 0.1) is 0 Å². The van der Waals surface area contributed by atoms with Crippen molar-refractivity contribution in [2.45, 2.75) is 19.8 Å². The molecule has 0 aromatic rings. The van der Waals surface area contributed by atoms with Crippen molar-refractivity contribution in [3.05, 3.63) is 11.6 Å². The summed E-state index contributed by atoms with van der Waals surface area (Å²) in [7, 11) is 0. The number of allylic oxidation sites excluding steroid dienone is 1. The predicted molar refractivity (Wildman–Crippen MR) is 41.5 cm³/mol. The summed E-state index contributed by atoms with van der Waals surface area (Å²) in [5.41, 5.74) is 0.239. The Morgan fingerprint density at radius 3 is 2.45 bits per heavy atom. The minimum absolute atomic E-state index is 0.187. The van der Waals surface area contributed by atoms with Crippen molar-refractivity contribution < 1.29 is 14.7 Å². The smallest absolute Gasteiger partial charge is 0.330 e. The Bertz CT molecular complexity index is 196. The van der Waals surface area contributed by atoms with E-state index in [1.807, 2.05) is 0 Å². The highest BCUT2D eigenvalue weighted by Gasteiger charge is 1.99. The molecule has 0 saturated carbocycles. The number of carboxylic acid groups (broad SMARTS) is 1. The van der Waals surface area contributed by atoms with Crippen LogP contribution < -0.4 is 0 Å². The molecule has 0 amide bonds. The molecule has 1 N–H and O–H groups in total. The standard InChI is InChI=1S/C7H9ClO3/c1-5(7(10)11)3-2-4-6(8)9/h3H,2,4H2,1H3,(H,10,11)/b5-3+. The summed E-state index contributed by atoms with van der Waals surface area (Å²) in [5.74, 6) is -0.966. The number of carbonyl (C=O) groups is 2. The van der Waals surface area contributed by atoms with Gasteiger partial charge in [-0.3, -0.25) is 4.79 Å². The summed E-state index contributed by atoms with van der Waals surface area (Å²) in [5, 5.41) is 7.92. The van der Waals surface area contributed by atoms with Crippen molar-refractivity contribution in [1.29, 1.82) is 0 Å². The van der Waals surface area contributed by atoms with Crippen molar-refractivity contribution >= 4 is 22.8 Å². The van der Waals surface area contributed by atoms with Gasteiger partial charge in [0, 0.05) is 12.0 Å². The molecule has 0 saturated heterocycles. The van der Waals surface area contributed by atoms with Crippen LogP contribution in [-0.4, -0.2) is 16.3 Å². The third-order valence-corrected chi connectivity index (χ3v) is 1.32. The van der Waals surface area contributed by atoms with Crippen molar-refractivity contribution in [2.75, 3.05) is 0 Å². The quantitative estimate of drug-likeness (QED) is 0.523. The zero-order valence-electron chi connectivity index (χ0n) is 6.13. The maximum Gasteiger partial charge on any atom is 0.330 e. The number of rotatable bonds is 4. The Balaban J connectivity index is 3.74. The molecule has 62 valence electrons. The Hall–Kier alpha value is -0.830.